The minimum Gasteiger partial charge on any atom is -0.452 e. The Morgan fingerprint density at radius 1 is 1.13 bits per heavy atom. The summed E-state index contributed by atoms with van der Waals surface area (Å²) in [5.41, 5.74) is 4.26. The van der Waals surface area contributed by atoms with Gasteiger partial charge in [0, 0.05) is 13.1 Å². The van der Waals surface area contributed by atoms with Gasteiger partial charge in [-0.2, -0.15) is 4.31 Å². The molecule has 1 fully saturated rings. The maximum Gasteiger partial charge on any atom is 0.338 e. The summed E-state index contributed by atoms with van der Waals surface area (Å²) in [7, 11) is -3.83. The number of carbonyl (C=O) groups is 3. The summed E-state index contributed by atoms with van der Waals surface area (Å²) < 4.78 is 31.7. The van der Waals surface area contributed by atoms with E-state index in [0.717, 1.165) is 18.9 Å². The van der Waals surface area contributed by atoms with Gasteiger partial charge in [0.1, 0.15) is 4.90 Å². The molecule has 2 heterocycles. The number of nitrogens with zero attached hydrogens (tertiary/aromatic N) is 1. The van der Waals surface area contributed by atoms with Crippen LogP contribution < -0.4 is 10.9 Å². The SMILES string of the molecule is O=C(COC(=O)c1ccc(Cl)c(S(=O)(=O)N2CCCC2)c1)NNC(=O)c1cccs1. The van der Waals surface area contributed by atoms with Gasteiger partial charge in [-0.15, -0.1) is 11.3 Å². The molecule has 0 saturated carbocycles. The van der Waals surface area contributed by atoms with Gasteiger partial charge in [-0.3, -0.25) is 20.4 Å². The summed E-state index contributed by atoms with van der Waals surface area (Å²) in [5.74, 6) is -2.16. The number of nitrogens with one attached hydrogen (secondary N) is 2. The second-order valence-corrected chi connectivity index (χ2v) is 9.57. The lowest BCUT2D eigenvalue weighted by atomic mass is 10.2. The lowest BCUT2D eigenvalue weighted by Gasteiger charge is -2.17. The van der Waals surface area contributed by atoms with Crippen LogP contribution in [0.25, 0.3) is 0 Å². The van der Waals surface area contributed by atoms with E-state index in [9.17, 15) is 22.8 Å². The number of hydrogen-bond donors (Lipinski definition) is 2. The van der Waals surface area contributed by atoms with Gasteiger partial charge in [0.25, 0.3) is 11.8 Å². The van der Waals surface area contributed by atoms with Crippen LogP contribution >= 0.6 is 22.9 Å². The molecule has 30 heavy (non-hydrogen) atoms. The molecule has 160 valence electrons. The number of sulfonamides is 1. The smallest absolute Gasteiger partial charge is 0.338 e. The Labute approximate surface area is 182 Å². The molecule has 0 atom stereocenters. The van der Waals surface area contributed by atoms with Crippen LogP contribution in [0, 0.1) is 0 Å². The monoisotopic (exact) mass is 471 g/mol. The Morgan fingerprint density at radius 2 is 1.87 bits per heavy atom. The van der Waals surface area contributed by atoms with Gasteiger partial charge < -0.3 is 4.74 Å². The molecule has 0 spiro atoms. The maximum atomic E-state index is 12.7. The predicted molar refractivity (Wildman–Crippen MR) is 110 cm³/mol. The van der Waals surface area contributed by atoms with E-state index in [1.54, 1.807) is 17.5 Å². The first kappa shape index (κ1) is 22.2. The van der Waals surface area contributed by atoms with Crippen molar-refractivity contribution < 1.29 is 27.5 Å². The molecule has 12 heteroatoms. The first-order valence-corrected chi connectivity index (χ1v) is 11.6. The third-order valence-electron chi connectivity index (χ3n) is 4.24. The molecule has 1 aliphatic heterocycles. The first-order chi connectivity index (χ1) is 14.3. The molecule has 0 unspecified atom stereocenters. The van der Waals surface area contributed by atoms with E-state index in [1.807, 2.05) is 0 Å². The Kier molecular flexibility index (Phi) is 7.08. The third-order valence-corrected chi connectivity index (χ3v) is 7.49. The van der Waals surface area contributed by atoms with Gasteiger partial charge in [0.05, 0.1) is 15.5 Å². The van der Waals surface area contributed by atoms with Gasteiger partial charge in [0.2, 0.25) is 10.0 Å². The van der Waals surface area contributed by atoms with Gasteiger partial charge in [0.15, 0.2) is 6.61 Å². The standard InChI is InChI=1S/C18H18ClN3O6S2/c19-13-6-5-12(10-15(13)30(26,27)22-7-1-2-8-22)18(25)28-11-16(23)20-21-17(24)14-4-3-9-29-14/h3-6,9-10H,1-2,7-8,11H2,(H,20,23)(H,21,24). The molecule has 1 aromatic heterocycles. The largest absolute Gasteiger partial charge is 0.452 e. The zero-order valence-electron chi connectivity index (χ0n) is 15.6. The number of hydrogen-bond acceptors (Lipinski definition) is 7. The molecular weight excluding hydrogens is 454 g/mol. The van der Waals surface area contributed by atoms with Crippen LogP contribution in [-0.4, -0.2) is 50.2 Å². The first-order valence-electron chi connectivity index (χ1n) is 8.88. The normalized spacial score (nSPS) is 14.3. The van der Waals surface area contributed by atoms with Crippen LogP contribution in [0.5, 0.6) is 0 Å². The summed E-state index contributed by atoms with van der Waals surface area (Å²) in [6.07, 6.45) is 1.52. The molecule has 0 aliphatic carbocycles. The summed E-state index contributed by atoms with van der Waals surface area (Å²) >= 11 is 7.24. The van der Waals surface area contributed by atoms with E-state index in [-0.39, 0.29) is 15.5 Å². The molecule has 2 aromatic rings. The molecule has 3 rings (SSSR count). The van der Waals surface area contributed by atoms with E-state index in [2.05, 4.69) is 10.9 Å². The van der Waals surface area contributed by atoms with Gasteiger partial charge in [-0.05, 0) is 42.5 Å². The van der Waals surface area contributed by atoms with Crippen molar-refractivity contribution in [3.63, 3.8) is 0 Å². The number of carbonyl (C=O) groups excluding carboxylic acids is 3. The number of amides is 2. The van der Waals surface area contributed by atoms with Crippen molar-refractivity contribution >= 4 is 50.7 Å². The Bertz CT molecular complexity index is 1050. The summed E-state index contributed by atoms with van der Waals surface area (Å²) in [4.78, 5) is 36.0. The summed E-state index contributed by atoms with van der Waals surface area (Å²) in [6, 6.07) is 7.01. The summed E-state index contributed by atoms with van der Waals surface area (Å²) in [6.45, 7) is 0.121. The second-order valence-electron chi connectivity index (χ2n) is 6.31. The van der Waals surface area contributed by atoms with Crippen LogP contribution in [0.1, 0.15) is 32.9 Å². The highest BCUT2D eigenvalue weighted by atomic mass is 35.5. The van der Waals surface area contributed by atoms with E-state index >= 15 is 0 Å². The van der Waals surface area contributed by atoms with Gasteiger partial charge in [-0.25, -0.2) is 13.2 Å². The minimum absolute atomic E-state index is 0.00696. The molecule has 1 aliphatic rings. The third kappa shape index (κ3) is 5.17. The molecule has 2 amide bonds. The Hall–Kier alpha value is -2.47. The van der Waals surface area contributed by atoms with E-state index in [4.69, 9.17) is 16.3 Å². The van der Waals surface area contributed by atoms with Crippen molar-refractivity contribution in [1.29, 1.82) is 0 Å². The Morgan fingerprint density at radius 3 is 2.53 bits per heavy atom. The lowest BCUT2D eigenvalue weighted by Crippen LogP contribution is -2.43. The van der Waals surface area contributed by atoms with Crippen LogP contribution in [0.15, 0.2) is 40.6 Å². The van der Waals surface area contributed by atoms with Gasteiger partial charge in [-0.1, -0.05) is 17.7 Å². The zero-order chi connectivity index (χ0) is 21.7. The van der Waals surface area contributed by atoms with Crippen molar-refractivity contribution in [2.45, 2.75) is 17.7 Å². The number of ether oxygens (including phenoxy) is 1. The number of thiophene rings is 1. The molecule has 1 saturated heterocycles. The van der Waals surface area contributed by atoms with E-state index in [0.29, 0.717) is 18.0 Å². The maximum absolute atomic E-state index is 12.7. The average Bonchev–Trinajstić information content (AvgIpc) is 3.44. The van der Waals surface area contributed by atoms with Crippen LogP contribution in [0.3, 0.4) is 0 Å². The van der Waals surface area contributed by atoms with Gasteiger partial charge >= 0.3 is 5.97 Å². The number of hydrazine groups is 1. The number of esters is 1. The number of rotatable bonds is 6. The fraction of sp³-hybridized carbons (Fsp3) is 0.278. The molecule has 9 nitrogen and oxygen atoms in total. The van der Waals surface area contributed by atoms with Crippen LogP contribution in [0.4, 0.5) is 0 Å². The van der Waals surface area contributed by atoms with E-state index < -0.39 is 34.4 Å². The molecule has 2 N–H and O–H groups in total. The fourth-order valence-electron chi connectivity index (χ4n) is 2.74. The highest BCUT2D eigenvalue weighted by molar-refractivity contribution is 7.89. The average molecular weight is 472 g/mol. The highest BCUT2D eigenvalue weighted by Crippen LogP contribution is 2.28. The second kappa shape index (κ2) is 9.56. The number of halogens is 1. The summed E-state index contributed by atoms with van der Waals surface area (Å²) in [5, 5.41) is 1.70. The quantitative estimate of drug-likeness (QED) is 0.489. The van der Waals surface area contributed by atoms with Crippen LogP contribution in [-0.2, 0) is 19.6 Å². The van der Waals surface area contributed by atoms with Crippen LogP contribution in [0.2, 0.25) is 5.02 Å². The number of benzene rings is 1. The fourth-order valence-corrected chi connectivity index (χ4v) is 5.38. The Balaban J connectivity index is 1.59. The molecule has 0 bridgehead atoms. The van der Waals surface area contributed by atoms with Crippen molar-refractivity contribution in [1.82, 2.24) is 15.2 Å². The van der Waals surface area contributed by atoms with Crippen molar-refractivity contribution in [2.75, 3.05) is 19.7 Å². The van der Waals surface area contributed by atoms with E-state index in [1.165, 1.54) is 27.8 Å². The topological polar surface area (TPSA) is 122 Å². The minimum atomic E-state index is -3.83. The van der Waals surface area contributed by atoms with Crippen molar-refractivity contribution in [2.24, 2.45) is 0 Å². The molecule has 0 radical (unpaired) electrons. The van der Waals surface area contributed by atoms with Crippen molar-refractivity contribution in [3.8, 4) is 0 Å². The predicted octanol–water partition coefficient (Wildman–Crippen LogP) is 1.80. The molecule has 1 aromatic carbocycles. The zero-order valence-corrected chi connectivity index (χ0v) is 18.0. The van der Waals surface area contributed by atoms with Crippen molar-refractivity contribution in [3.05, 3.63) is 51.2 Å². The lowest BCUT2D eigenvalue weighted by molar-refractivity contribution is -0.125. The molecular formula is C18H18ClN3O6S2. The highest BCUT2D eigenvalue weighted by Gasteiger charge is 2.30.